The van der Waals surface area contributed by atoms with Crippen LogP contribution in [0.3, 0.4) is 0 Å². The van der Waals surface area contributed by atoms with Crippen molar-refractivity contribution in [3.63, 3.8) is 0 Å². The van der Waals surface area contributed by atoms with Gasteiger partial charge in [-0.2, -0.15) is 13.2 Å². The second-order valence-electron chi connectivity index (χ2n) is 19.3. The number of carbonyl (C=O) groups excluding carboxylic acids is 5. The molecule has 3 aliphatic rings. The van der Waals surface area contributed by atoms with E-state index >= 15 is 0 Å². The minimum atomic E-state index is -4.95. The van der Waals surface area contributed by atoms with E-state index in [1.54, 1.807) is 27.2 Å². The fraction of sp³-hybridized carbons (Fsp3) is 0.571. The highest BCUT2D eigenvalue weighted by atomic mass is 32.1. The van der Waals surface area contributed by atoms with Gasteiger partial charge in [-0.1, -0.05) is 33.8 Å². The Morgan fingerprint density at radius 2 is 1.79 bits per heavy atom. The van der Waals surface area contributed by atoms with E-state index in [4.69, 9.17) is 19.4 Å². The number of fused-ring (bicyclic) bond motifs is 6. The summed E-state index contributed by atoms with van der Waals surface area (Å²) in [7, 11) is 3.12. The molecule has 3 aliphatic heterocycles. The van der Waals surface area contributed by atoms with Crippen LogP contribution in [0.4, 0.5) is 18.0 Å². The van der Waals surface area contributed by atoms with E-state index in [1.165, 1.54) is 28.2 Å². The molecule has 5 atom stereocenters. The number of urea groups is 1. The normalized spacial score (nSPS) is 21.7. The van der Waals surface area contributed by atoms with E-state index in [-0.39, 0.29) is 50.8 Å². The SMILES string of the molecule is CCn1c(-c2cccnc2[C@H](C)OC)c2c3cc(ccc31)-c1csc(n1)C[C@H](NC(=O)C(C(C)C)N(C)C(=O)N1CCC(C(=O)C(F)(F)F)CC1)C(=O)C1CCC[C@H](N1)C(=O)OCC(C)(C)C2. The largest absolute Gasteiger partial charge is 0.464 e. The molecular formula is C49H62F3N7O7S. The number of thiazole rings is 1. The number of nitrogens with zero attached hydrogens (tertiary/aromatic N) is 5. The highest BCUT2D eigenvalue weighted by Gasteiger charge is 2.45. The molecule has 6 bridgehead atoms. The number of cyclic esters (lactones) is 1. The number of carbonyl (C=O) groups is 5. The maximum Gasteiger partial charge on any atom is 0.450 e. The van der Waals surface area contributed by atoms with Gasteiger partial charge >= 0.3 is 18.2 Å². The van der Waals surface area contributed by atoms with Crippen LogP contribution in [0.1, 0.15) is 96.0 Å². The Morgan fingerprint density at radius 1 is 1.07 bits per heavy atom. The highest BCUT2D eigenvalue weighted by Crippen LogP contribution is 2.42. The smallest absolute Gasteiger partial charge is 0.450 e. The Bertz CT molecular complexity index is 2490. The molecule has 2 N–H and O–H groups in total. The first-order valence-corrected chi connectivity index (χ1v) is 24.1. The summed E-state index contributed by atoms with van der Waals surface area (Å²) in [5, 5.41) is 9.75. The molecule has 1 aromatic carbocycles. The van der Waals surface area contributed by atoms with Crippen molar-refractivity contribution >= 4 is 51.7 Å². The molecule has 0 saturated carbocycles. The summed E-state index contributed by atoms with van der Waals surface area (Å²) in [5.41, 5.74) is 5.87. The maximum absolute atomic E-state index is 14.7. The Kier molecular flexibility index (Phi) is 15.0. The third-order valence-electron chi connectivity index (χ3n) is 13.5. The zero-order valence-electron chi connectivity index (χ0n) is 39.5. The minimum Gasteiger partial charge on any atom is -0.464 e. The molecule has 7 rings (SSSR count). The van der Waals surface area contributed by atoms with Gasteiger partial charge in [-0.15, -0.1) is 11.3 Å². The quantitative estimate of drug-likeness (QED) is 0.159. The zero-order valence-corrected chi connectivity index (χ0v) is 40.3. The van der Waals surface area contributed by atoms with Gasteiger partial charge in [0.1, 0.15) is 12.1 Å². The molecule has 362 valence electrons. The van der Waals surface area contributed by atoms with Gasteiger partial charge in [0.05, 0.1) is 46.9 Å². The number of hydrogen-bond donors (Lipinski definition) is 2. The standard InChI is InChI=1S/C49H62F3N7O7S/c1-9-59-38-16-15-30-22-32(38)33(42(59)31-12-11-19-53-40(31)28(4)65-8)24-48(5,6)26-66-46(63)35-14-10-13-34(54-35)43(60)36(23-39-55-37(30)25-67-39)56-45(62)41(27(2)3)57(7)47(64)58-20-17-29(18-21-58)44(61)49(50,51)52/h11-12,15-16,19,22,25,27-29,34-36,41,54H,9-10,13-14,17-18,20-21,23-24,26H2,1-8H3,(H,56,62)/t28-,34?,35-,36-,41?/m0/s1. The molecule has 2 saturated heterocycles. The van der Waals surface area contributed by atoms with Crippen molar-refractivity contribution in [3.05, 3.63) is 58.2 Å². The number of alkyl halides is 3. The first-order valence-electron chi connectivity index (χ1n) is 23.2. The van der Waals surface area contributed by atoms with Crippen LogP contribution >= 0.6 is 11.3 Å². The average Bonchev–Trinajstić information content (AvgIpc) is 3.90. The molecule has 0 spiro atoms. The summed E-state index contributed by atoms with van der Waals surface area (Å²) < 4.78 is 53.6. The average molecular weight is 950 g/mol. The molecule has 3 amide bonds. The van der Waals surface area contributed by atoms with Crippen molar-refractivity contribution in [3.8, 4) is 22.5 Å². The summed E-state index contributed by atoms with van der Waals surface area (Å²) in [6.07, 6.45) is -1.74. The number of aromatic nitrogens is 3. The fourth-order valence-electron chi connectivity index (χ4n) is 9.96. The molecule has 2 unspecified atom stereocenters. The lowest BCUT2D eigenvalue weighted by Gasteiger charge is -2.38. The lowest BCUT2D eigenvalue weighted by atomic mass is 9.84. The van der Waals surface area contributed by atoms with E-state index in [0.29, 0.717) is 42.9 Å². The van der Waals surface area contributed by atoms with Crippen molar-refractivity contribution in [2.75, 3.05) is 33.9 Å². The Morgan fingerprint density at radius 3 is 2.46 bits per heavy atom. The number of Topliss-reactive ketones (excluding diaryl/α,β-unsaturated/α-hetero) is 2. The summed E-state index contributed by atoms with van der Waals surface area (Å²) in [6, 6.07) is 5.94. The van der Waals surface area contributed by atoms with Gasteiger partial charge in [0.15, 0.2) is 5.78 Å². The first kappa shape index (κ1) is 49.7. The second kappa shape index (κ2) is 20.2. The topological polar surface area (TPSA) is 165 Å². The van der Waals surface area contributed by atoms with Crippen LogP contribution in [0.2, 0.25) is 0 Å². The second-order valence-corrected chi connectivity index (χ2v) is 20.2. The molecular weight excluding hydrogens is 888 g/mol. The minimum absolute atomic E-state index is 0.0330. The van der Waals surface area contributed by atoms with Gasteiger partial charge in [-0.25, -0.2) is 9.78 Å². The van der Waals surface area contributed by atoms with Crippen LogP contribution in [-0.4, -0.2) is 118 Å². The van der Waals surface area contributed by atoms with E-state index in [2.05, 4.69) is 54.2 Å². The Balaban J connectivity index is 1.23. The number of pyridine rings is 1. The number of hydrogen-bond acceptors (Lipinski definition) is 11. The lowest BCUT2D eigenvalue weighted by molar-refractivity contribution is -0.176. The Hall–Kier alpha value is -5.20. The number of likely N-dealkylation sites (N-methyl/N-ethyl adjacent to an activating group) is 1. The monoisotopic (exact) mass is 949 g/mol. The number of benzene rings is 1. The number of likely N-dealkylation sites (tertiary alicyclic amines) is 1. The molecule has 14 nitrogen and oxygen atoms in total. The summed E-state index contributed by atoms with van der Waals surface area (Å²) in [4.78, 5) is 81.1. The number of aryl methyl sites for hydroxylation is 1. The molecule has 2 fully saturated rings. The van der Waals surface area contributed by atoms with E-state index in [9.17, 15) is 37.1 Å². The number of ether oxygens (including phenoxy) is 2. The van der Waals surface area contributed by atoms with Crippen molar-refractivity contribution in [2.45, 2.75) is 129 Å². The number of rotatable bonds is 9. The van der Waals surface area contributed by atoms with Gasteiger partial charge in [-0.05, 0) is 88.1 Å². The van der Waals surface area contributed by atoms with Crippen molar-refractivity contribution < 1.29 is 46.6 Å². The van der Waals surface area contributed by atoms with Crippen molar-refractivity contribution in [1.29, 1.82) is 0 Å². The number of halogens is 3. The van der Waals surface area contributed by atoms with Gasteiger partial charge in [0, 0.05) is 85.2 Å². The first-order chi connectivity index (χ1) is 31.7. The van der Waals surface area contributed by atoms with Gasteiger partial charge in [-0.3, -0.25) is 29.5 Å². The molecule has 67 heavy (non-hydrogen) atoms. The van der Waals surface area contributed by atoms with Crippen LogP contribution in [-0.2, 0) is 48.0 Å². The van der Waals surface area contributed by atoms with Crippen LogP contribution in [0, 0.1) is 17.3 Å². The van der Waals surface area contributed by atoms with E-state index in [1.807, 2.05) is 24.4 Å². The Labute approximate surface area is 393 Å². The number of methoxy groups -OCH3 is 1. The van der Waals surface area contributed by atoms with E-state index in [0.717, 1.165) is 39.0 Å². The molecule has 3 aromatic heterocycles. The van der Waals surface area contributed by atoms with E-state index < -0.39 is 71.3 Å². The summed E-state index contributed by atoms with van der Waals surface area (Å²) in [6.45, 7) is 12.4. The van der Waals surface area contributed by atoms with Gasteiger partial charge in [0.2, 0.25) is 11.7 Å². The number of amides is 3. The van der Waals surface area contributed by atoms with Crippen molar-refractivity contribution in [1.82, 2.24) is 35.0 Å². The van der Waals surface area contributed by atoms with Crippen LogP contribution in [0.5, 0.6) is 0 Å². The van der Waals surface area contributed by atoms with Crippen LogP contribution in [0.25, 0.3) is 33.4 Å². The summed E-state index contributed by atoms with van der Waals surface area (Å²) >= 11 is 1.36. The molecule has 18 heteroatoms. The molecule has 4 aromatic rings. The van der Waals surface area contributed by atoms with Gasteiger partial charge < -0.3 is 29.2 Å². The number of esters is 1. The van der Waals surface area contributed by atoms with Crippen molar-refractivity contribution in [2.24, 2.45) is 17.3 Å². The zero-order chi connectivity index (χ0) is 48.5. The van der Waals surface area contributed by atoms with Crippen LogP contribution < -0.4 is 10.6 Å². The predicted molar refractivity (Wildman–Crippen MR) is 248 cm³/mol. The summed E-state index contributed by atoms with van der Waals surface area (Å²) in [5.74, 6) is -4.87. The number of nitrogens with one attached hydrogen (secondary N) is 2. The molecule has 0 aliphatic carbocycles. The maximum atomic E-state index is 14.7. The molecule has 6 heterocycles. The van der Waals surface area contributed by atoms with Gasteiger partial charge in [0.25, 0.3) is 0 Å². The third-order valence-corrected chi connectivity index (χ3v) is 14.4. The number of piperidine rings is 2. The molecule has 0 radical (unpaired) electrons. The highest BCUT2D eigenvalue weighted by molar-refractivity contribution is 7.10. The third kappa shape index (κ3) is 10.6. The number of ketones is 2. The lowest BCUT2D eigenvalue weighted by Crippen LogP contribution is -2.60. The van der Waals surface area contributed by atoms with Crippen LogP contribution in [0.15, 0.2) is 41.9 Å². The fourth-order valence-corrected chi connectivity index (χ4v) is 10.8. The predicted octanol–water partition coefficient (Wildman–Crippen LogP) is 7.71.